The monoisotopic (exact) mass is 285 g/mol. The van der Waals surface area contributed by atoms with Crippen molar-refractivity contribution in [1.29, 1.82) is 0 Å². The second kappa shape index (κ2) is 5.62. The van der Waals surface area contributed by atoms with Crippen molar-refractivity contribution in [3.8, 4) is 0 Å². The van der Waals surface area contributed by atoms with Crippen molar-refractivity contribution in [3.05, 3.63) is 47.2 Å². The van der Waals surface area contributed by atoms with Crippen LogP contribution in [0.25, 0.3) is 0 Å². The van der Waals surface area contributed by atoms with E-state index in [0.29, 0.717) is 5.89 Å². The lowest BCUT2D eigenvalue weighted by atomic mass is 10.0. The zero-order chi connectivity index (χ0) is 14.8. The summed E-state index contributed by atoms with van der Waals surface area (Å²) in [5, 5.41) is 9.65. The molecule has 108 valence electrons. The first-order valence-corrected chi connectivity index (χ1v) is 6.02. The largest absolute Gasteiger partial charge is 0.424 e. The van der Waals surface area contributed by atoms with Crippen LogP contribution in [0.1, 0.15) is 29.0 Å². The summed E-state index contributed by atoms with van der Waals surface area (Å²) in [6.45, 7) is 3.19. The number of hydrogen-bond acceptors (Lipinski definition) is 4. The van der Waals surface area contributed by atoms with Gasteiger partial charge in [-0.05, 0) is 12.5 Å². The Balaban J connectivity index is 2.16. The van der Waals surface area contributed by atoms with Crippen LogP contribution in [0.5, 0.6) is 0 Å². The second-order valence-corrected chi connectivity index (χ2v) is 4.48. The molecule has 1 aromatic carbocycles. The summed E-state index contributed by atoms with van der Waals surface area (Å²) in [5.74, 6) is 0.449. The first-order chi connectivity index (χ1) is 9.36. The Bertz CT molecular complexity index is 580. The van der Waals surface area contributed by atoms with Gasteiger partial charge in [-0.1, -0.05) is 29.8 Å². The average molecular weight is 285 g/mol. The van der Waals surface area contributed by atoms with Gasteiger partial charge >= 0.3 is 6.18 Å². The third-order valence-electron chi connectivity index (χ3n) is 2.73. The minimum absolute atomic E-state index is 0.129. The summed E-state index contributed by atoms with van der Waals surface area (Å²) in [6.07, 6.45) is -4.40. The normalized spacial score (nSPS) is 13.4. The highest BCUT2D eigenvalue weighted by Crippen LogP contribution is 2.33. The van der Waals surface area contributed by atoms with Crippen molar-refractivity contribution in [3.63, 3.8) is 0 Å². The van der Waals surface area contributed by atoms with Crippen LogP contribution in [0.15, 0.2) is 28.7 Å². The van der Waals surface area contributed by atoms with Gasteiger partial charge in [0.2, 0.25) is 11.8 Å². The quantitative estimate of drug-likeness (QED) is 0.938. The maximum atomic E-state index is 13.1. The molecule has 1 N–H and O–H groups in total. The number of nitrogens with one attached hydrogen (secondary N) is 1. The van der Waals surface area contributed by atoms with E-state index in [1.165, 1.54) is 12.1 Å². The molecule has 0 aliphatic carbocycles. The maximum absolute atomic E-state index is 13.1. The lowest BCUT2D eigenvalue weighted by Crippen LogP contribution is -2.34. The van der Waals surface area contributed by atoms with E-state index in [4.69, 9.17) is 4.42 Å². The Labute approximate surface area is 114 Å². The molecule has 1 unspecified atom stereocenters. The van der Waals surface area contributed by atoms with E-state index in [9.17, 15) is 13.2 Å². The van der Waals surface area contributed by atoms with Gasteiger partial charge in [-0.2, -0.15) is 13.2 Å². The lowest BCUT2D eigenvalue weighted by Gasteiger charge is -2.21. The van der Waals surface area contributed by atoms with Crippen LogP contribution in [0.3, 0.4) is 0 Å². The Morgan fingerprint density at radius 3 is 2.55 bits per heavy atom. The van der Waals surface area contributed by atoms with E-state index in [0.717, 1.165) is 5.56 Å². The van der Waals surface area contributed by atoms with Gasteiger partial charge in [-0.15, -0.1) is 10.2 Å². The molecular formula is C13H14F3N3O. The number of hydrogen-bond donors (Lipinski definition) is 1. The van der Waals surface area contributed by atoms with Gasteiger partial charge < -0.3 is 4.42 Å². The van der Waals surface area contributed by atoms with E-state index in [2.05, 4.69) is 15.5 Å². The molecule has 20 heavy (non-hydrogen) atoms. The lowest BCUT2D eigenvalue weighted by molar-refractivity contribution is -0.158. The van der Waals surface area contributed by atoms with Gasteiger partial charge in [0.25, 0.3) is 0 Å². The minimum Gasteiger partial charge on any atom is -0.424 e. The summed E-state index contributed by atoms with van der Waals surface area (Å²) in [6, 6.07) is 4.52. The molecule has 2 rings (SSSR count). The molecule has 1 heterocycles. The smallest absolute Gasteiger partial charge is 0.407 e. The van der Waals surface area contributed by atoms with Crippen LogP contribution < -0.4 is 5.32 Å². The van der Waals surface area contributed by atoms with Gasteiger partial charge in [0.05, 0.1) is 6.54 Å². The van der Waals surface area contributed by atoms with E-state index < -0.39 is 12.2 Å². The van der Waals surface area contributed by atoms with Gasteiger partial charge in [0.1, 0.15) is 6.04 Å². The van der Waals surface area contributed by atoms with Crippen molar-refractivity contribution in [1.82, 2.24) is 15.5 Å². The Morgan fingerprint density at radius 1 is 1.25 bits per heavy atom. The molecule has 0 fully saturated rings. The molecule has 4 nitrogen and oxygen atoms in total. The molecule has 0 bridgehead atoms. The first kappa shape index (κ1) is 14.5. The summed E-state index contributed by atoms with van der Waals surface area (Å²) in [5.41, 5.74) is 0.931. The molecule has 0 saturated heterocycles. The number of halogens is 3. The average Bonchev–Trinajstić information content (AvgIpc) is 2.74. The van der Waals surface area contributed by atoms with Crippen molar-refractivity contribution in [2.24, 2.45) is 0 Å². The highest BCUT2D eigenvalue weighted by Gasteiger charge is 2.40. The third kappa shape index (κ3) is 3.57. The van der Waals surface area contributed by atoms with E-state index in [1.54, 1.807) is 26.0 Å². The number of benzene rings is 1. The molecule has 0 radical (unpaired) electrons. The van der Waals surface area contributed by atoms with E-state index >= 15 is 0 Å². The van der Waals surface area contributed by atoms with Gasteiger partial charge in [-0.3, -0.25) is 5.32 Å². The number of aromatic nitrogens is 2. The molecule has 1 aromatic heterocycles. The van der Waals surface area contributed by atoms with Crippen molar-refractivity contribution in [2.75, 3.05) is 0 Å². The number of aryl methyl sites for hydroxylation is 2. The predicted molar refractivity (Wildman–Crippen MR) is 65.8 cm³/mol. The molecule has 0 aliphatic heterocycles. The number of alkyl halides is 3. The Morgan fingerprint density at radius 2 is 2.00 bits per heavy atom. The molecule has 7 heteroatoms. The molecule has 0 spiro atoms. The number of rotatable bonds is 4. The molecule has 0 aliphatic rings. The fourth-order valence-electron chi connectivity index (χ4n) is 1.87. The van der Waals surface area contributed by atoms with Crippen LogP contribution in [0.4, 0.5) is 13.2 Å². The Hall–Kier alpha value is -1.89. The Kier molecular flexibility index (Phi) is 4.08. The van der Waals surface area contributed by atoms with Crippen LogP contribution in [0.2, 0.25) is 0 Å². The van der Waals surface area contributed by atoms with Crippen LogP contribution in [-0.2, 0) is 6.54 Å². The predicted octanol–water partition coefficient (Wildman–Crippen LogP) is 3.08. The zero-order valence-corrected chi connectivity index (χ0v) is 11.0. The van der Waals surface area contributed by atoms with Crippen molar-refractivity contribution < 1.29 is 17.6 Å². The SMILES string of the molecule is Cc1cccc(C(NCc2nnc(C)o2)C(F)(F)F)c1. The molecule has 1 atom stereocenters. The van der Waals surface area contributed by atoms with E-state index in [1.807, 2.05) is 0 Å². The van der Waals surface area contributed by atoms with Crippen LogP contribution >= 0.6 is 0 Å². The summed E-state index contributed by atoms with van der Waals surface area (Å²) in [7, 11) is 0. The number of nitrogens with zero attached hydrogens (tertiary/aromatic N) is 2. The highest BCUT2D eigenvalue weighted by molar-refractivity contribution is 5.26. The van der Waals surface area contributed by atoms with Gasteiger partial charge in [0.15, 0.2) is 0 Å². The minimum atomic E-state index is -4.40. The molecule has 0 amide bonds. The second-order valence-electron chi connectivity index (χ2n) is 4.48. The summed E-state index contributed by atoms with van der Waals surface area (Å²) < 4.78 is 44.4. The third-order valence-corrected chi connectivity index (χ3v) is 2.73. The standard InChI is InChI=1S/C13H14F3N3O/c1-8-4-3-5-10(6-8)12(13(14,15)16)17-7-11-19-18-9(2)20-11/h3-6,12,17H,7H2,1-2H3. The summed E-state index contributed by atoms with van der Waals surface area (Å²) >= 11 is 0. The van der Waals surface area contributed by atoms with Crippen LogP contribution in [-0.4, -0.2) is 16.4 Å². The molecule has 2 aromatic rings. The zero-order valence-electron chi connectivity index (χ0n) is 11.0. The highest BCUT2D eigenvalue weighted by atomic mass is 19.4. The molecule has 0 saturated carbocycles. The topological polar surface area (TPSA) is 51.0 Å². The maximum Gasteiger partial charge on any atom is 0.407 e. The molecular weight excluding hydrogens is 271 g/mol. The van der Waals surface area contributed by atoms with Gasteiger partial charge in [-0.25, -0.2) is 0 Å². The van der Waals surface area contributed by atoms with Crippen molar-refractivity contribution >= 4 is 0 Å². The summed E-state index contributed by atoms with van der Waals surface area (Å²) in [4.78, 5) is 0. The van der Waals surface area contributed by atoms with Crippen LogP contribution in [0, 0.1) is 13.8 Å². The first-order valence-electron chi connectivity index (χ1n) is 6.02. The van der Waals surface area contributed by atoms with Gasteiger partial charge in [0, 0.05) is 6.92 Å². The fraction of sp³-hybridized carbons (Fsp3) is 0.385. The van der Waals surface area contributed by atoms with E-state index in [-0.39, 0.29) is 18.0 Å². The van der Waals surface area contributed by atoms with Crippen molar-refractivity contribution in [2.45, 2.75) is 32.6 Å². The fourth-order valence-corrected chi connectivity index (χ4v) is 1.87.